The van der Waals surface area contributed by atoms with Gasteiger partial charge in [-0.1, -0.05) is 56.2 Å². The number of allylic oxidation sites excluding steroid dienone is 2. The first-order chi connectivity index (χ1) is 11.7. The highest BCUT2D eigenvalue weighted by atomic mass is 32.1. The van der Waals surface area contributed by atoms with Crippen LogP contribution in [-0.4, -0.2) is 10.8 Å². The number of hydrogen-bond acceptors (Lipinski definition) is 3. The van der Waals surface area contributed by atoms with Gasteiger partial charge in [0.05, 0.1) is 16.6 Å². The van der Waals surface area contributed by atoms with Crippen LogP contribution >= 0.6 is 11.3 Å². The number of aromatic nitrogens is 1. The molecule has 2 aliphatic carbocycles. The van der Waals surface area contributed by atoms with Crippen LogP contribution in [0.3, 0.4) is 0 Å². The van der Waals surface area contributed by atoms with Crippen molar-refractivity contribution in [3.8, 4) is 0 Å². The molecule has 0 spiro atoms. The Morgan fingerprint density at radius 3 is 2.71 bits per heavy atom. The fourth-order valence-corrected chi connectivity index (χ4v) is 5.78. The minimum atomic E-state index is -0.291. The van der Waals surface area contributed by atoms with Gasteiger partial charge in [0.2, 0.25) is 0 Å². The standard InChI is InChI=1S/C21H23NOS/c1-3-14-10-15-12-17-20(24-13-22-17)21(4-2,19(15)18(23)11-14)16-8-6-5-7-9-16/h5-9,13-14H,3-4,10-12H2,1-2H3/t14-,21+/m1/s1. The third kappa shape index (κ3) is 2.14. The number of nitrogens with zero attached hydrogens (tertiary/aromatic N) is 1. The third-order valence-corrected chi connectivity index (χ3v) is 6.88. The summed E-state index contributed by atoms with van der Waals surface area (Å²) in [6, 6.07) is 10.6. The average molecular weight is 337 g/mol. The number of hydrogen-bond donors (Lipinski definition) is 0. The summed E-state index contributed by atoms with van der Waals surface area (Å²) in [5.41, 5.74) is 6.54. The first-order valence-electron chi connectivity index (χ1n) is 8.94. The number of carbonyl (C=O) groups is 1. The van der Waals surface area contributed by atoms with E-state index >= 15 is 0 Å². The van der Waals surface area contributed by atoms with Crippen LogP contribution in [0.15, 0.2) is 47.0 Å². The normalized spacial score (nSPS) is 26.2. The lowest BCUT2D eigenvalue weighted by molar-refractivity contribution is -0.117. The lowest BCUT2D eigenvalue weighted by Crippen LogP contribution is -2.40. The van der Waals surface area contributed by atoms with Crippen molar-refractivity contribution in [3.63, 3.8) is 0 Å². The van der Waals surface area contributed by atoms with Crippen LogP contribution in [0.1, 0.15) is 55.7 Å². The molecule has 0 N–H and O–H groups in total. The Bertz CT molecular complexity index is 804. The molecule has 2 nitrogen and oxygen atoms in total. The van der Waals surface area contributed by atoms with Gasteiger partial charge in [-0.05, 0) is 24.3 Å². The van der Waals surface area contributed by atoms with E-state index in [0.29, 0.717) is 18.1 Å². The van der Waals surface area contributed by atoms with Crippen molar-refractivity contribution in [2.75, 3.05) is 0 Å². The highest BCUT2D eigenvalue weighted by Crippen LogP contribution is 2.53. The topological polar surface area (TPSA) is 30.0 Å². The molecule has 3 heteroatoms. The van der Waals surface area contributed by atoms with Crippen LogP contribution in [-0.2, 0) is 16.6 Å². The zero-order valence-electron chi connectivity index (χ0n) is 14.3. The maximum absolute atomic E-state index is 13.2. The van der Waals surface area contributed by atoms with E-state index in [-0.39, 0.29) is 5.41 Å². The van der Waals surface area contributed by atoms with Crippen LogP contribution in [0.2, 0.25) is 0 Å². The zero-order chi connectivity index (χ0) is 16.7. The second-order valence-corrected chi connectivity index (χ2v) is 7.87. The molecule has 2 aromatic rings. The SMILES string of the molecule is CC[C@H]1CC(=O)C2=C(Cc3ncsc3[C@@]2(CC)c2ccccc2)C1. The minimum absolute atomic E-state index is 0.291. The van der Waals surface area contributed by atoms with Gasteiger partial charge in [0.25, 0.3) is 0 Å². The van der Waals surface area contributed by atoms with E-state index in [1.807, 2.05) is 11.6 Å². The third-order valence-electron chi connectivity index (χ3n) is 5.85. The molecule has 0 bridgehead atoms. The van der Waals surface area contributed by atoms with Crippen LogP contribution < -0.4 is 0 Å². The summed E-state index contributed by atoms with van der Waals surface area (Å²) in [6.45, 7) is 4.41. The summed E-state index contributed by atoms with van der Waals surface area (Å²) in [5, 5.41) is 0. The summed E-state index contributed by atoms with van der Waals surface area (Å²) in [5.74, 6) is 0.870. The average Bonchev–Trinajstić information content (AvgIpc) is 3.09. The molecule has 0 unspecified atom stereocenters. The molecule has 1 aromatic carbocycles. The molecular weight excluding hydrogens is 314 g/mol. The number of benzene rings is 1. The molecule has 24 heavy (non-hydrogen) atoms. The summed E-state index contributed by atoms with van der Waals surface area (Å²) in [7, 11) is 0. The van der Waals surface area contributed by atoms with E-state index in [1.165, 1.54) is 21.7 Å². The van der Waals surface area contributed by atoms with Gasteiger partial charge in [-0.2, -0.15) is 0 Å². The van der Waals surface area contributed by atoms with Crippen LogP contribution in [0.25, 0.3) is 0 Å². The second-order valence-electron chi connectivity index (χ2n) is 7.01. The predicted octanol–water partition coefficient (Wildman–Crippen LogP) is 5.08. The molecule has 0 aliphatic heterocycles. The highest BCUT2D eigenvalue weighted by molar-refractivity contribution is 7.10. The summed E-state index contributed by atoms with van der Waals surface area (Å²) >= 11 is 1.72. The van der Waals surface area contributed by atoms with Crippen LogP contribution in [0, 0.1) is 5.92 Å². The zero-order valence-corrected chi connectivity index (χ0v) is 15.2. The van der Waals surface area contributed by atoms with Crippen LogP contribution in [0.5, 0.6) is 0 Å². The Morgan fingerprint density at radius 2 is 2.00 bits per heavy atom. The van der Waals surface area contributed by atoms with Gasteiger partial charge in [-0.25, -0.2) is 4.98 Å². The number of ketones is 1. The first kappa shape index (κ1) is 15.8. The molecule has 0 radical (unpaired) electrons. The fourth-order valence-electron chi connectivity index (χ4n) is 4.67. The Morgan fingerprint density at radius 1 is 1.21 bits per heavy atom. The highest BCUT2D eigenvalue weighted by Gasteiger charge is 2.48. The summed E-state index contributed by atoms with van der Waals surface area (Å²) in [4.78, 5) is 19.2. The molecule has 0 saturated carbocycles. The Hall–Kier alpha value is -1.74. The van der Waals surface area contributed by atoms with Gasteiger partial charge in [-0.15, -0.1) is 11.3 Å². The molecular formula is C21H23NOS. The first-order valence-corrected chi connectivity index (χ1v) is 9.82. The van der Waals surface area contributed by atoms with Crippen molar-refractivity contribution < 1.29 is 4.79 Å². The lowest BCUT2D eigenvalue weighted by Gasteiger charge is -2.42. The van der Waals surface area contributed by atoms with Gasteiger partial charge in [0, 0.05) is 23.3 Å². The molecule has 4 rings (SSSR count). The molecule has 124 valence electrons. The predicted molar refractivity (Wildman–Crippen MR) is 98.4 cm³/mol. The van der Waals surface area contributed by atoms with E-state index in [2.05, 4.69) is 43.1 Å². The maximum atomic E-state index is 13.2. The summed E-state index contributed by atoms with van der Waals surface area (Å²) in [6.07, 6.45) is 4.62. The van der Waals surface area contributed by atoms with E-state index in [4.69, 9.17) is 0 Å². The number of fused-ring (bicyclic) bond motifs is 1. The smallest absolute Gasteiger partial charge is 0.160 e. The summed E-state index contributed by atoms with van der Waals surface area (Å²) < 4.78 is 0. The largest absolute Gasteiger partial charge is 0.294 e. The van der Waals surface area contributed by atoms with Crippen molar-refractivity contribution in [2.45, 2.75) is 51.4 Å². The Labute approximate surface area is 147 Å². The van der Waals surface area contributed by atoms with Crippen molar-refractivity contribution >= 4 is 17.1 Å². The molecule has 1 aromatic heterocycles. The number of rotatable bonds is 3. The quantitative estimate of drug-likeness (QED) is 0.781. The monoisotopic (exact) mass is 337 g/mol. The van der Waals surface area contributed by atoms with E-state index in [9.17, 15) is 4.79 Å². The van der Waals surface area contributed by atoms with Gasteiger partial charge >= 0.3 is 0 Å². The van der Waals surface area contributed by atoms with Gasteiger partial charge < -0.3 is 0 Å². The molecule has 0 saturated heterocycles. The Kier molecular flexibility index (Phi) is 3.92. The minimum Gasteiger partial charge on any atom is -0.294 e. The maximum Gasteiger partial charge on any atom is 0.160 e. The molecule has 0 amide bonds. The Balaban J connectivity index is 1.99. The molecule has 2 aliphatic rings. The van der Waals surface area contributed by atoms with E-state index in [0.717, 1.165) is 31.3 Å². The lowest BCUT2D eigenvalue weighted by atomic mass is 9.61. The van der Waals surface area contributed by atoms with E-state index < -0.39 is 0 Å². The van der Waals surface area contributed by atoms with E-state index in [1.54, 1.807) is 11.3 Å². The second kappa shape index (κ2) is 5.96. The molecule has 2 atom stereocenters. The fraction of sp³-hybridized carbons (Fsp3) is 0.429. The molecule has 1 heterocycles. The van der Waals surface area contributed by atoms with Crippen molar-refractivity contribution in [3.05, 3.63) is 63.1 Å². The van der Waals surface area contributed by atoms with Gasteiger partial charge in [0.1, 0.15) is 0 Å². The van der Waals surface area contributed by atoms with Crippen molar-refractivity contribution in [1.82, 2.24) is 4.98 Å². The number of thiazole rings is 1. The molecule has 0 fully saturated rings. The van der Waals surface area contributed by atoms with Gasteiger partial charge in [0.15, 0.2) is 5.78 Å². The van der Waals surface area contributed by atoms with Gasteiger partial charge in [-0.3, -0.25) is 4.79 Å². The van der Waals surface area contributed by atoms with Crippen molar-refractivity contribution in [2.24, 2.45) is 5.92 Å². The van der Waals surface area contributed by atoms with Crippen molar-refractivity contribution in [1.29, 1.82) is 0 Å². The van der Waals surface area contributed by atoms with Crippen LogP contribution in [0.4, 0.5) is 0 Å². The number of carbonyl (C=O) groups excluding carboxylic acids is 1. The number of Topliss-reactive ketones (excluding diaryl/α,β-unsaturated/α-hetero) is 1.